The molecule has 17 heavy (non-hydrogen) atoms. The third-order valence-corrected chi connectivity index (χ3v) is 3.44. The molecule has 0 spiro atoms. The molecule has 0 aliphatic heterocycles. The molecule has 0 amide bonds. The van der Waals surface area contributed by atoms with Gasteiger partial charge >= 0.3 is 5.97 Å². The van der Waals surface area contributed by atoms with Gasteiger partial charge in [-0.3, -0.25) is 0 Å². The van der Waals surface area contributed by atoms with Crippen molar-refractivity contribution in [2.24, 2.45) is 5.41 Å². The van der Waals surface area contributed by atoms with Crippen molar-refractivity contribution in [3.63, 3.8) is 0 Å². The van der Waals surface area contributed by atoms with Crippen LogP contribution in [-0.4, -0.2) is 34.3 Å². The lowest BCUT2D eigenvalue weighted by molar-refractivity contribution is 0.0697. The van der Waals surface area contributed by atoms with Crippen molar-refractivity contribution < 1.29 is 15.0 Å². The number of aromatic carboxylic acids is 1. The van der Waals surface area contributed by atoms with Crippen LogP contribution in [0.25, 0.3) is 0 Å². The van der Waals surface area contributed by atoms with E-state index in [1.54, 1.807) is 6.20 Å². The Kier molecular flexibility index (Phi) is 3.35. The molecule has 1 aliphatic carbocycles. The van der Waals surface area contributed by atoms with Crippen LogP contribution < -0.4 is 5.32 Å². The van der Waals surface area contributed by atoms with E-state index in [4.69, 9.17) is 5.11 Å². The third-order valence-electron chi connectivity index (χ3n) is 3.01. The van der Waals surface area contributed by atoms with Gasteiger partial charge in [0.05, 0.1) is 6.61 Å². The molecule has 1 aliphatic rings. The lowest BCUT2D eigenvalue weighted by atomic mass is 10.1. The molecular formula is C11H13BrN2O3. The number of pyridine rings is 1. The number of carboxylic acid groups (broad SMARTS) is 1. The maximum absolute atomic E-state index is 11.0. The van der Waals surface area contributed by atoms with E-state index < -0.39 is 5.97 Å². The SMILES string of the molecule is O=C(O)c1cc(Br)cnc1NCC1(CO)CC1. The standard InChI is InChI=1S/C11H13BrN2O3/c12-7-3-8(10(16)17)9(13-4-7)14-5-11(6-15)1-2-11/h3-4,15H,1-2,5-6H2,(H,13,14)(H,16,17). The summed E-state index contributed by atoms with van der Waals surface area (Å²) in [5, 5.41) is 21.2. The van der Waals surface area contributed by atoms with Gasteiger partial charge in [-0.05, 0) is 34.8 Å². The number of rotatable bonds is 5. The number of halogens is 1. The van der Waals surface area contributed by atoms with Crippen molar-refractivity contribution in [2.45, 2.75) is 12.8 Å². The summed E-state index contributed by atoms with van der Waals surface area (Å²) in [5.41, 5.74) is 0.0537. The van der Waals surface area contributed by atoms with E-state index in [1.165, 1.54) is 6.07 Å². The molecule has 0 bridgehead atoms. The van der Waals surface area contributed by atoms with Gasteiger partial charge < -0.3 is 15.5 Å². The van der Waals surface area contributed by atoms with E-state index in [9.17, 15) is 9.90 Å². The van der Waals surface area contributed by atoms with Crippen molar-refractivity contribution in [3.8, 4) is 0 Å². The monoisotopic (exact) mass is 300 g/mol. The Bertz CT molecular complexity index is 446. The first kappa shape index (κ1) is 12.3. The predicted octanol–water partition coefficient (Wildman–Crippen LogP) is 1.73. The first-order valence-electron chi connectivity index (χ1n) is 5.30. The van der Waals surface area contributed by atoms with E-state index in [2.05, 4.69) is 26.2 Å². The molecule has 0 aromatic carbocycles. The van der Waals surface area contributed by atoms with Gasteiger partial charge in [-0.15, -0.1) is 0 Å². The third kappa shape index (κ3) is 2.76. The zero-order chi connectivity index (χ0) is 12.5. The van der Waals surface area contributed by atoms with Gasteiger partial charge in [-0.1, -0.05) is 0 Å². The van der Waals surface area contributed by atoms with Crippen LogP contribution >= 0.6 is 15.9 Å². The Hall–Kier alpha value is -1.14. The molecule has 1 fully saturated rings. The predicted molar refractivity (Wildman–Crippen MR) is 66.1 cm³/mol. The summed E-state index contributed by atoms with van der Waals surface area (Å²) >= 11 is 3.19. The van der Waals surface area contributed by atoms with E-state index in [0.717, 1.165) is 12.8 Å². The summed E-state index contributed by atoms with van der Waals surface area (Å²) in [6.07, 6.45) is 3.48. The summed E-state index contributed by atoms with van der Waals surface area (Å²) in [5.74, 6) is -0.671. The summed E-state index contributed by atoms with van der Waals surface area (Å²) in [4.78, 5) is 15.1. The fraction of sp³-hybridized carbons (Fsp3) is 0.455. The second kappa shape index (κ2) is 4.62. The number of nitrogens with one attached hydrogen (secondary N) is 1. The van der Waals surface area contributed by atoms with Crippen LogP contribution in [0.4, 0.5) is 5.82 Å². The van der Waals surface area contributed by atoms with Crippen LogP contribution in [0.15, 0.2) is 16.7 Å². The Morgan fingerprint density at radius 3 is 2.82 bits per heavy atom. The van der Waals surface area contributed by atoms with Gasteiger partial charge in [0.15, 0.2) is 0 Å². The summed E-state index contributed by atoms with van der Waals surface area (Å²) in [6, 6.07) is 1.51. The van der Waals surface area contributed by atoms with E-state index >= 15 is 0 Å². The number of hydrogen-bond donors (Lipinski definition) is 3. The summed E-state index contributed by atoms with van der Waals surface area (Å²) in [7, 11) is 0. The van der Waals surface area contributed by atoms with E-state index in [-0.39, 0.29) is 17.6 Å². The van der Waals surface area contributed by atoms with Gasteiger partial charge in [0.1, 0.15) is 11.4 Å². The fourth-order valence-corrected chi connectivity index (χ4v) is 1.91. The van der Waals surface area contributed by atoms with Crippen LogP contribution in [0.2, 0.25) is 0 Å². The van der Waals surface area contributed by atoms with Crippen LogP contribution in [0.5, 0.6) is 0 Å². The van der Waals surface area contributed by atoms with E-state index in [1.807, 2.05) is 0 Å². The second-order valence-electron chi connectivity index (χ2n) is 4.37. The first-order chi connectivity index (χ1) is 8.06. The molecule has 1 aromatic rings. The van der Waals surface area contributed by atoms with Crippen LogP contribution in [0.3, 0.4) is 0 Å². The Morgan fingerprint density at radius 1 is 1.59 bits per heavy atom. The highest BCUT2D eigenvalue weighted by molar-refractivity contribution is 9.10. The molecule has 5 nitrogen and oxygen atoms in total. The molecule has 0 unspecified atom stereocenters. The highest BCUT2D eigenvalue weighted by atomic mass is 79.9. The van der Waals surface area contributed by atoms with Crippen LogP contribution in [-0.2, 0) is 0 Å². The number of hydrogen-bond acceptors (Lipinski definition) is 4. The normalized spacial score (nSPS) is 16.6. The van der Waals surface area contributed by atoms with Crippen molar-refractivity contribution in [1.82, 2.24) is 4.98 Å². The smallest absolute Gasteiger partial charge is 0.339 e. The molecule has 0 saturated heterocycles. The Labute approximate surface area is 107 Å². The lowest BCUT2D eigenvalue weighted by Gasteiger charge is -2.14. The quantitative estimate of drug-likeness (QED) is 0.771. The number of aromatic nitrogens is 1. The molecule has 1 saturated carbocycles. The lowest BCUT2D eigenvalue weighted by Crippen LogP contribution is -2.21. The van der Waals surface area contributed by atoms with Crippen molar-refractivity contribution in [1.29, 1.82) is 0 Å². The highest BCUT2D eigenvalue weighted by Crippen LogP contribution is 2.44. The second-order valence-corrected chi connectivity index (χ2v) is 5.28. The molecule has 0 radical (unpaired) electrons. The zero-order valence-electron chi connectivity index (χ0n) is 9.11. The minimum absolute atomic E-state index is 0.0788. The molecular weight excluding hydrogens is 288 g/mol. The van der Waals surface area contributed by atoms with Gasteiger partial charge in [0, 0.05) is 22.6 Å². The maximum Gasteiger partial charge on any atom is 0.339 e. The average Bonchev–Trinajstić information content (AvgIpc) is 3.08. The molecule has 6 heteroatoms. The van der Waals surface area contributed by atoms with Crippen molar-refractivity contribution in [3.05, 3.63) is 22.3 Å². The largest absolute Gasteiger partial charge is 0.478 e. The first-order valence-corrected chi connectivity index (χ1v) is 6.09. The minimum Gasteiger partial charge on any atom is -0.478 e. The van der Waals surface area contributed by atoms with Gasteiger partial charge in [0.2, 0.25) is 0 Å². The Morgan fingerprint density at radius 2 is 2.29 bits per heavy atom. The maximum atomic E-state index is 11.0. The molecule has 1 heterocycles. The molecule has 0 atom stereocenters. The number of aliphatic hydroxyl groups is 1. The number of nitrogens with zero attached hydrogens (tertiary/aromatic N) is 1. The van der Waals surface area contributed by atoms with Crippen LogP contribution in [0.1, 0.15) is 23.2 Å². The number of anilines is 1. The van der Waals surface area contributed by atoms with Crippen molar-refractivity contribution in [2.75, 3.05) is 18.5 Å². The van der Waals surface area contributed by atoms with Gasteiger partial charge in [-0.2, -0.15) is 0 Å². The molecule has 3 N–H and O–H groups in total. The number of aliphatic hydroxyl groups excluding tert-OH is 1. The highest BCUT2D eigenvalue weighted by Gasteiger charge is 2.41. The summed E-state index contributed by atoms with van der Waals surface area (Å²) in [6.45, 7) is 0.678. The molecule has 1 aromatic heterocycles. The zero-order valence-corrected chi connectivity index (χ0v) is 10.7. The number of carbonyl (C=O) groups is 1. The number of carboxylic acids is 1. The van der Waals surface area contributed by atoms with Crippen LogP contribution in [0, 0.1) is 5.41 Å². The summed E-state index contributed by atoms with van der Waals surface area (Å²) < 4.78 is 0.628. The topological polar surface area (TPSA) is 82.5 Å². The van der Waals surface area contributed by atoms with Gasteiger partial charge in [0.25, 0.3) is 0 Å². The fourth-order valence-electron chi connectivity index (χ4n) is 1.58. The molecule has 2 rings (SSSR count). The van der Waals surface area contributed by atoms with Gasteiger partial charge in [-0.25, -0.2) is 9.78 Å². The molecule has 92 valence electrons. The Balaban J connectivity index is 2.12. The minimum atomic E-state index is -1.02. The van der Waals surface area contributed by atoms with E-state index in [0.29, 0.717) is 16.8 Å². The average molecular weight is 301 g/mol. The van der Waals surface area contributed by atoms with Crippen molar-refractivity contribution >= 4 is 27.7 Å².